The molecule has 134 valence electrons. The SMILES string of the molecule is O=C(Nc1nc(-c2ccco2)c(-c2ccco2)s1)c1ccc([N+](=O)[O-])cc1. The minimum atomic E-state index is -0.520. The highest BCUT2D eigenvalue weighted by molar-refractivity contribution is 7.19. The van der Waals surface area contributed by atoms with Gasteiger partial charge in [-0.2, -0.15) is 0 Å². The van der Waals surface area contributed by atoms with Crippen LogP contribution in [0.15, 0.2) is 69.9 Å². The first kappa shape index (κ1) is 16.7. The van der Waals surface area contributed by atoms with Crippen molar-refractivity contribution >= 4 is 28.1 Å². The summed E-state index contributed by atoms with van der Waals surface area (Å²) < 4.78 is 10.9. The Morgan fingerprint density at radius 2 is 1.70 bits per heavy atom. The topological polar surface area (TPSA) is 111 Å². The number of hydrogen-bond acceptors (Lipinski definition) is 7. The Bertz CT molecular complexity index is 1030. The second-order valence-corrected chi connectivity index (χ2v) is 6.41. The van der Waals surface area contributed by atoms with E-state index in [4.69, 9.17) is 8.83 Å². The van der Waals surface area contributed by atoms with Gasteiger partial charge in [0.1, 0.15) is 16.3 Å². The standard InChI is InChI=1S/C18H11N3O5S/c22-17(11-5-7-12(8-6-11)21(23)24)20-18-19-15(13-3-1-9-25-13)16(27-18)14-4-2-10-26-14/h1-10H,(H,19,20,22). The lowest BCUT2D eigenvalue weighted by molar-refractivity contribution is -0.384. The molecule has 0 fully saturated rings. The lowest BCUT2D eigenvalue weighted by Crippen LogP contribution is -2.11. The Kier molecular flexibility index (Phi) is 4.27. The van der Waals surface area contributed by atoms with Gasteiger partial charge in [0.15, 0.2) is 10.9 Å². The number of nitro benzene ring substituents is 1. The molecule has 8 nitrogen and oxygen atoms in total. The number of rotatable bonds is 5. The Balaban J connectivity index is 1.63. The summed E-state index contributed by atoms with van der Waals surface area (Å²) in [5, 5.41) is 13.8. The van der Waals surface area contributed by atoms with Crippen molar-refractivity contribution in [3.05, 3.63) is 76.7 Å². The molecule has 0 aliphatic carbocycles. The second kappa shape index (κ2) is 6.89. The fourth-order valence-electron chi connectivity index (χ4n) is 2.43. The van der Waals surface area contributed by atoms with Crippen molar-refractivity contribution in [2.75, 3.05) is 5.32 Å². The van der Waals surface area contributed by atoms with Crippen LogP contribution in [0.2, 0.25) is 0 Å². The van der Waals surface area contributed by atoms with E-state index in [0.717, 1.165) is 0 Å². The fourth-order valence-corrected chi connectivity index (χ4v) is 3.37. The molecule has 0 radical (unpaired) electrons. The van der Waals surface area contributed by atoms with E-state index in [9.17, 15) is 14.9 Å². The van der Waals surface area contributed by atoms with Crippen molar-refractivity contribution in [3.63, 3.8) is 0 Å². The monoisotopic (exact) mass is 381 g/mol. The summed E-state index contributed by atoms with van der Waals surface area (Å²) in [5.41, 5.74) is 0.759. The zero-order chi connectivity index (χ0) is 18.8. The predicted octanol–water partition coefficient (Wildman–Crippen LogP) is 4.82. The van der Waals surface area contributed by atoms with Crippen molar-refractivity contribution in [2.45, 2.75) is 0 Å². The molecule has 9 heteroatoms. The van der Waals surface area contributed by atoms with Crippen LogP contribution in [0.25, 0.3) is 22.1 Å². The molecule has 0 bridgehead atoms. The number of carbonyl (C=O) groups is 1. The highest BCUT2D eigenvalue weighted by atomic mass is 32.1. The van der Waals surface area contributed by atoms with Crippen LogP contribution in [0.1, 0.15) is 10.4 Å². The molecule has 0 aliphatic heterocycles. The Labute approximate surface area is 156 Å². The zero-order valence-electron chi connectivity index (χ0n) is 13.6. The summed E-state index contributed by atoms with van der Waals surface area (Å²) in [6, 6.07) is 12.4. The first-order chi connectivity index (χ1) is 13.1. The Hall–Kier alpha value is -3.72. The van der Waals surface area contributed by atoms with Gasteiger partial charge in [-0.05, 0) is 36.4 Å². The first-order valence-electron chi connectivity index (χ1n) is 7.76. The van der Waals surface area contributed by atoms with Crippen LogP contribution in [-0.2, 0) is 0 Å². The summed E-state index contributed by atoms with van der Waals surface area (Å²) >= 11 is 1.24. The lowest BCUT2D eigenvalue weighted by atomic mass is 10.2. The van der Waals surface area contributed by atoms with Crippen molar-refractivity contribution in [3.8, 4) is 22.1 Å². The zero-order valence-corrected chi connectivity index (χ0v) is 14.4. The van der Waals surface area contributed by atoms with Crippen molar-refractivity contribution in [1.82, 2.24) is 4.98 Å². The molecule has 0 spiro atoms. The third kappa shape index (κ3) is 3.35. The molecule has 3 aromatic heterocycles. The third-order valence-corrected chi connectivity index (χ3v) is 4.67. The molecule has 4 rings (SSSR count). The molecule has 0 unspecified atom stereocenters. The van der Waals surface area contributed by atoms with Gasteiger partial charge in [-0.1, -0.05) is 11.3 Å². The number of carbonyl (C=O) groups excluding carboxylic acids is 1. The summed E-state index contributed by atoms with van der Waals surface area (Å²) in [6.45, 7) is 0. The third-order valence-electron chi connectivity index (χ3n) is 3.69. The molecule has 27 heavy (non-hydrogen) atoms. The molecule has 1 amide bonds. The van der Waals surface area contributed by atoms with E-state index in [1.54, 1.807) is 30.5 Å². The summed E-state index contributed by atoms with van der Waals surface area (Å²) in [7, 11) is 0. The van der Waals surface area contributed by atoms with Gasteiger partial charge in [0.25, 0.3) is 11.6 Å². The van der Waals surface area contributed by atoms with Gasteiger partial charge in [0.05, 0.1) is 17.4 Å². The molecule has 0 saturated heterocycles. The van der Waals surface area contributed by atoms with Crippen LogP contribution in [0.5, 0.6) is 0 Å². The molecule has 1 aromatic carbocycles. The molecule has 4 aromatic rings. The van der Waals surface area contributed by atoms with Gasteiger partial charge in [0.2, 0.25) is 0 Å². The average Bonchev–Trinajstić information content (AvgIpc) is 3.42. The fraction of sp³-hybridized carbons (Fsp3) is 0. The van der Waals surface area contributed by atoms with E-state index < -0.39 is 10.8 Å². The van der Waals surface area contributed by atoms with Gasteiger partial charge in [-0.25, -0.2) is 4.98 Å². The highest BCUT2D eigenvalue weighted by Crippen LogP contribution is 2.39. The number of nitrogens with zero attached hydrogens (tertiary/aromatic N) is 2. The van der Waals surface area contributed by atoms with Gasteiger partial charge < -0.3 is 8.83 Å². The number of furan rings is 2. The molecular formula is C18H11N3O5S. The molecular weight excluding hydrogens is 370 g/mol. The number of nitrogens with one attached hydrogen (secondary N) is 1. The minimum Gasteiger partial charge on any atom is -0.463 e. The van der Waals surface area contributed by atoms with Crippen LogP contribution in [0.3, 0.4) is 0 Å². The van der Waals surface area contributed by atoms with Crippen molar-refractivity contribution < 1.29 is 18.6 Å². The maximum atomic E-state index is 12.4. The van der Waals surface area contributed by atoms with Gasteiger partial charge >= 0.3 is 0 Å². The highest BCUT2D eigenvalue weighted by Gasteiger charge is 2.20. The number of amides is 1. The number of thiazole rings is 1. The number of benzene rings is 1. The van der Waals surface area contributed by atoms with Crippen LogP contribution >= 0.6 is 11.3 Å². The van der Waals surface area contributed by atoms with Crippen molar-refractivity contribution in [2.24, 2.45) is 0 Å². The van der Waals surface area contributed by atoms with Gasteiger partial charge in [0, 0.05) is 17.7 Å². The summed E-state index contributed by atoms with van der Waals surface area (Å²) in [6.07, 6.45) is 3.09. The van der Waals surface area contributed by atoms with Crippen LogP contribution in [0, 0.1) is 10.1 Å². The van der Waals surface area contributed by atoms with E-state index in [-0.39, 0.29) is 11.3 Å². The van der Waals surface area contributed by atoms with Crippen LogP contribution < -0.4 is 5.32 Å². The first-order valence-corrected chi connectivity index (χ1v) is 8.58. The number of aromatic nitrogens is 1. The molecule has 0 atom stereocenters. The van der Waals surface area contributed by atoms with Crippen molar-refractivity contribution in [1.29, 1.82) is 0 Å². The minimum absolute atomic E-state index is 0.0824. The van der Waals surface area contributed by atoms with E-state index in [1.807, 2.05) is 0 Å². The average molecular weight is 381 g/mol. The maximum Gasteiger partial charge on any atom is 0.269 e. The number of nitro groups is 1. The Morgan fingerprint density at radius 3 is 2.30 bits per heavy atom. The van der Waals surface area contributed by atoms with E-state index >= 15 is 0 Å². The van der Waals surface area contributed by atoms with Crippen LogP contribution in [0.4, 0.5) is 10.8 Å². The van der Waals surface area contributed by atoms with E-state index in [1.165, 1.54) is 41.9 Å². The van der Waals surface area contributed by atoms with E-state index in [0.29, 0.717) is 27.2 Å². The number of hydrogen-bond donors (Lipinski definition) is 1. The predicted molar refractivity (Wildman–Crippen MR) is 98.6 cm³/mol. The number of anilines is 1. The summed E-state index contributed by atoms with van der Waals surface area (Å²) in [5.74, 6) is 0.735. The maximum absolute atomic E-state index is 12.4. The number of non-ortho nitro benzene ring substituents is 1. The van der Waals surface area contributed by atoms with Gasteiger partial charge in [-0.3, -0.25) is 20.2 Å². The molecule has 0 aliphatic rings. The molecule has 0 saturated carbocycles. The van der Waals surface area contributed by atoms with E-state index in [2.05, 4.69) is 10.3 Å². The summed E-state index contributed by atoms with van der Waals surface area (Å²) in [4.78, 5) is 27.8. The second-order valence-electron chi connectivity index (χ2n) is 5.41. The van der Waals surface area contributed by atoms with Crippen LogP contribution in [-0.4, -0.2) is 15.8 Å². The van der Waals surface area contributed by atoms with Gasteiger partial charge in [-0.15, -0.1) is 0 Å². The quantitative estimate of drug-likeness (QED) is 0.392. The normalized spacial score (nSPS) is 10.7. The smallest absolute Gasteiger partial charge is 0.269 e. The molecule has 1 N–H and O–H groups in total. The largest absolute Gasteiger partial charge is 0.463 e. The molecule has 3 heterocycles. The Morgan fingerprint density at radius 1 is 1.04 bits per heavy atom. The lowest BCUT2D eigenvalue weighted by Gasteiger charge is -2.01.